The predicted octanol–water partition coefficient (Wildman–Crippen LogP) is 3.05. The lowest BCUT2D eigenvalue weighted by Gasteiger charge is -2.22. The minimum Gasteiger partial charge on any atom is -0.378 e. The van der Waals surface area contributed by atoms with Crippen molar-refractivity contribution in [3.63, 3.8) is 0 Å². The minimum absolute atomic E-state index is 0.325. The van der Waals surface area contributed by atoms with E-state index >= 15 is 0 Å². The van der Waals surface area contributed by atoms with Gasteiger partial charge in [-0.1, -0.05) is 15.9 Å². The van der Waals surface area contributed by atoms with Gasteiger partial charge in [-0.25, -0.2) is 0 Å². The fourth-order valence-corrected chi connectivity index (χ4v) is 3.08. The Morgan fingerprint density at radius 3 is 2.94 bits per heavy atom. The number of halogens is 1. The van der Waals surface area contributed by atoms with Crippen molar-refractivity contribution in [2.75, 3.05) is 5.32 Å². The Hall–Kier alpha value is -1.05. The summed E-state index contributed by atoms with van der Waals surface area (Å²) in [6, 6.07) is 8.26. The molecule has 1 aromatic rings. The molecule has 88 valence electrons. The Morgan fingerprint density at radius 1 is 1.41 bits per heavy atom. The van der Waals surface area contributed by atoms with Crippen LogP contribution < -0.4 is 5.32 Å². The Kier molecular flexibility index (Phi) is 2.81. The largest absolute Gasteiger partial charge is 0.378 e. The van der Waals surface area contributed by atoms with Gasteiger partial charge in [-0.3, -0.25) is 0 Å². The average molecular weight is 293 g/mol. The van der Waals surface area contributed by atoms with Crippen LogP contribution in [0.15, 0.2) is 22.7 Å². The Morgan fingerprint density at radius 2 is 2.29 bits per heavy atom. The van der Waals surface area contributed by atoms with Crippen LogP contribution in [-0.4, -0.2) is 18.2 Å². The molecule has 0 aliphatic carbocycles. The van der Waals surface area contributed by atoms with E-state index in [4.69, 9.17) is 10.00 Å². The molecule has 3 unspecified atom stereocenters. The van der Waals surface area contributed by atoms with Crippen molar-refractivity contribution in [2.24, 2.45) is 0 Å². The molecule has 2 aliphatic rings. The Bertz CT molecular complexity index is 483. The number of fused-ring (bicyclic) bond motifs is 2. The molecule has 0 radical (unpaired) electrons. The number of nitrogens with one attached hydrogen (secondary N) is 1. The third-order valence-electron chi connectivity index (χ3n) is 3.55. The van der Waals surface area contributed by atoms with Gasteiger partial charge in [-0.2, -0.15) is 5.26 Å². The van der Waals surface area contributed by atoms with Gasteiger partial charge < -0.3 is 10.1 Å². The van der Waals surface area contributed by atoms with E-state index in [9.17, 15) is 0 Å². The fourth-order valence-electron chi connectivity index (χ4n) is 2.72. The number of hydrogen-bond donors (Lipinski definition) is 1. The lowest BCUT2D eigenvalue weighted by atomic mass is 9.95. The van der Waals surface area contributed by atoms with Crippen molar-refractivity contribution in [2.45, 2.75) is 37.5 Å². The molecule has 2 saturated heterocycles. The standard InChI is InChI=1S/C13H13BrN2O/c14-9-2-1-8(7-15)11(5-9)16-12-6-10-3-4-13(12)17-10/h1-2,5,10,12-13,16H,3-4,6H2. The second-order valence-corrected chi connectivity index (χ2v) is 5.58. The molecule has 0 amide bonds. The maximum absolute atomic E-state index is 9.08. The molecule has 1 N–H and O–H groups in total. The number of hydrogen-bond acceptors (Lipinski definition) is 3. The van der Waals surface area contributed by atoms with Gasteiger partial charge >= 0.3 is 0 Å². The summed E-state index contributed by atoms with van der Waals surface area (Å²) in [4.78, 5) is 0. The van der Waals surface area contributed by atoms with Crippen molar-refractivity contribution in [3.8, 4) is 6.07 Å². The molecule has 0 spiro atoms. The maximum Gasteiger partial charge on any atom is 0.101 e. The zero-order valence-electron chi connectivity index (χ0n) is 9.32. The van der Waals surface area contributed by atoms with E-state index in [0.29, 0.717) is 23.8 Å². The van der Waals surface area contributed by atoms with Gasteiger partial charge in [0.15, 0.2) is 0 Å². The van der Waals surface area contributed by atoms with Crippen LogP contribution in [0.3, 0.4) is 0 Å². The van der Waals surface area contributed by atoms with E-state index in [-0.39, 0.29) is 0 Å². The minimum atomic E-state index is 0.325. The molecule has 0 saturated carbocycles. The quantitative estimate of drug-likeness (QED) is 0.911. The van der Waals surface area contributed by atoms with Crippen molar-refractivity contribution in [3.05, 3.63) is 28.2 Å². The first-order chi connectivity index (χ1) is 8.26. The first kappa shape index (κ1) is 11.1. The number of benzene rings is 1. The molecule has 4 heteroatoms. The normalized spacial score (nSPS) is 30.2. The van der Waals surface area contributed by atoms with Crippen molar-refractivity contribution >= 4 is 21.6 Å². The van der Waals surface area contributed by atoms with E-state index in [2.05, 4.69) is 27.3 Å². The molecular weight excluding hydrogens is 280 g/mol. The van der Waals surface area contributed by atoms with Gasteiger partial charge in [0, 0.05) is 4.47 Å². The highest BCUT2D eigenvalue weighted by atomic mass is 79.9. The lowest BCUT2D eigenvalue weighted by molar-refractivity contribution is 0.102. The molecule has 2 heterocycles. The molecule has 1 aromatic carbocycles. The van der Waals surface area contributed by atoms with E-state index in [1.807, 2.05) is 18.2 Å². The van der Waals surface area contributed by atoms with Crippen LogP contribution in [0.5, 0.6) is 0 Å². The topological polar surface area (TPSA) is 45.0 Å². The second kappa shape index (κ2) is 4.32. The van der Waals surface area contributed by atoms with Crippen LogP contribution in [0.1, 0.15) is 24.8 Å². The van der Waals surface area contributed by atoms with Crippen LogP contribution in [0, 0.1) is 11.3 Å². The van der Waals surface area contributed by atoms with E-state index in [0.717, 1.165) is 23.0 Å². The highest BCUT2D eigenvalue weighted by molar-refractivity contribution is 9.10. The molecule has 0 aromatic heterocycles. The van der Waals surface area contributed by atoms with Crippen LogP contribution >= 0.6 is 15.9 Å². The second-order valence-electron chi connectivity index (χ2n) is 4.66. The maximum atomic E-state index is 9.08. The van der Waals surface area contributed by atoms with Crippen LogP contribution in [0.2, 0.25) is 0 Å². The van der Waals surface area contributed by atoms with E-state index in [1.54, 1.807) is 0 Å². The van der Waals surface area contributed by atoms with Gasteiger partial charge in [0.2, 0.25) is 0 Å². The van der Waals surface area contributed by atoms with Gasteiger partial charge in [-0.15, -0.1) is 0 Å². The first-order valence-electron chi connectivity index (χ1n) is 5.88. The smallest absolute Gasteiger partial charge is 0.101 e. The highest BCUT2D eigenvalue weighted by Gasteiger charge is 2.40. The number of anilines is 1. The SMILES string of the molecule is N#Cc1ccc(Br)cc1NC1CC2CCC1O2. The van der Waals surface area contributed by atoms with Gasteiger partial charge in [0.1, 0.15) is 6.07 Å². The van der Waals surface area contributed by atoms with E-state index in [1.165, 1.54) is 6.42 Å². The molecule has 3 atom stereocenters. The summed E-state index contributed by atoms with van der Waals surface area (Å²) in [6.07, 6.45) is 4.13. The number of nitriles is 1. The van der Waals surface area contributed by atoms with Crippen molar-refractivity contribution in [1.82, 2.24) is 0 Å². The summed E-state index contributed by atoms with van der Waals surface area (Å²) in [5.41, 5.74) is 1.60. The summed E-state index contributed by atoms with van der Waals surface area (Å²) in [7, 11) is 0. The summed E-state index contributed by atoms with van der Waals surface area (Å²) in [5.74, 6) is 0. The average Bonchev–Trinajstić information content (AvgIpc) is 2.91. The number of ether oxygens (including phenoxy) is 1. The van der Waals surface area contributed by atoms with Crippen LogP contribution in [0.4, 0.5) is 5.69 Å². The lowest BCUT2D eigenvalue weighted by Crippen LogP contribution is -2.30. The highest BCUT2D eigenvalue weighted by Crippen LogP contribution is 2.36. The fraction of sp³-hybridized carbons (Fsp3) is 0.462. The molecule has 2 bridgehead atoms. The van der Waals surface area contributed by atoms with Crippen molar-refractivity contribution < 1.29 is 4.74 Å². The van der Waals surface area contributed by atoms with Crippen molar-refractivity contribution in [1.29, 1.82) is 5.26 Å². The zero-order valence-corrected chi connectivity index (χ0v) is 10.9. The van der Waals surface area contributed by atoms with E-state index < -0.39 is 0 Å². The predicted molar refractivity (Wildman–Crippen MR) is 68.8 cm³/mol. The zero-order chi connectivity index (χ0) is 11.8. The molecule has 2 fully saturated rings. The Balaban J connectivity index is 1.81. The summed E-state index contributed by atoms with van der Waals surface area (Å²) >= 11 is 3.44. The molecule has 3 nitrogen and oxygen atoms in total. The number of rotatable bonds is 2. The third kappa shape index (κ3) is 2.05. The van der Waals surface area contributed by atoms with Gasteiger partial charge in [0.05, 0.1) is 29.5 Å². The molecule has 17 heavy (non-hydrogen) atoms. The summed E-state index contributed by atoms with van der Waals surface area (Å²) in [6.45, 7) is 0. The van der Waals surface area contributed by atoms with Crippen LogP contribution in [0.25, 0.3) is 0 Å². The monoisotopic (exact) mass is 292 g/mol. The Labute approximate surface area is 109 Å². The molecule has 3 rings (SSSR count). The van der Waals surface area contributed by atoms with Gasteiger partial charge in [-0.05, 0) is 37.5 Å². The first-order valence-corrected chi connectivity index (χ1v) is 6.67. The third-order valence-corrected chi connectivity index (χ3v) is 4.04. The number of nitrogens with zero attached hydrogens (tertiary/aromatic N) is 1. The summed E-state index contributed by atoms with van der Waals surface area (Å²) in [5, 5.41) is 12.5. The van der Waals surface area contributed by atoms with Gasteiger partial charge in [0.25, 0.3) is 0 Å². The summed E-state index contributed by atoms with van der Waals surface area (Å²) < 4.78 is 6.79. The molecular formula is C13H13BrN2O. The van der Waals surface area contributed by atoms with Crippen LogP contribution in [-0.2, 0) is 4.74 Å². The molecule has 2 aliphatic heterocycles.